The monoisotopic (exact) mass is 292 g/mol. The fraction of sp³-hybridized carbons (Fsp3) is 0.500. The zero-order valence-corrected chi connectivity index (χ0v) is 11.8. The molecule has 7 nitrogen and oxygen atoms in total. The van der Waals surface area contributed by atoms with Crippen LogP contribution in [0.3, 0.4) is 0 Å². The Morgan fingerprint density at radius 2 is 1.90 bits per heavy atom. The summed E-state index contributed by atoms with van der Waals surface area (Å²) >= 11 is 0. The van der Waals surface area contributed by atoms with Crippen molar-refractivity contribution in [1.29, 1.82) is 0 Å². The summed E-state index contributed by atoms with van der Waals surface area (Å²) in [6.07, 6.45) is 6.37. The van der Waals surface area contributed by atoms with Crippen LogP contribution in [0.25, 0.3) is 0 Å². The summed E-state index contributed by atoms with van der Waals surface area (Å²) in [5.74, 6) is 4.89. The van der Waals surface area contributed by atoms with Crippen molar-refractivity contribution in [2.75, 3.05) is 5.43 Å². The van der Waals surface area contributed by atoms with E-state index in [0.717, 1.165) is 25.7 Å². The van der Waals surface area contributed by atoms with Gasteiger partial charge in [0.2, 0.25) is 0 Å². The van der Waals surface area contributed by atoms with Crippen molar-refractivity contribution >= 4 is 17.3 Å². The standard InChI is InChI=1S/C14H20N4O3/c15-17-11-7-8-13(18(20)21)12(9-11)14(19)16-10-5-3-1-2-4-6-10/h7-10,17H,1-6,15H2,(H,16,19). The fourth-order valence-electron chi connectivity index (χ4n) is 2.65. The number of rotatable bonds is 4. The fourth-order valence-corrected chi connectivity index (χ4v) is 2.65. The van der Waals surface area contributed by atoms with Crippen LogP contribution in [-0.4, -0.2) is 16.9 Å². The lowest BCUT2D eigenvalue weighted by molar-refractivity contribution is -0.385. The zero-order chi connectivity index (χ0) is 15.2. The first-order chi connectivity index (χ1) is 10.1. The topological polar surface area (TPSA) is 110 Å². The van der Waals surface area contributed by atoms with Crippen LogP contribution < -0.4 is 16.6 Å². The molecule has 0 radical (unpaired) electrons. The molecule has 1 aromatic carbocycles. The van der Waals surface area contributed by atoms with Gasteiger partial charge in [0.1, 0.15) is 5.56 Å². The Bertz CT molecular complexity index is 525. The molecule has 1 aromatic rings. The molecular weight excluding hydrogens is 272 g/mol. The Labute approximate surface area is 123 Å². The van der Waals surface area contributed by atoms with Gasteiger partial charge in [-0.25, -0.2) is 0 Å². The molecule has 2 rings (SSSR count). The van der Waals surface area contributed by atoms with Gasteiger partial charge in [-0.3, -0.25) is 20.8 Å². The lowest BCUT2D eigenvalue weighted by atomic mass is 10.1. The summed E-state index contributed by atoms with van der Waals surface area (Å²) in [6, 6.07) is 4.26. The van der Waals surface area contributed by atoms with E-state index in [4.69, 9.17) is 5.84 Å². The van der Waals surface area contributed by atoms with Gasteiger partial charge >= 0.3 is 0 Å². The predicted molar refractivity (Wildman–Crippen MR) is 79.9 cm³/mol. The number of carbonyl (C=O) groups excluding carboxylic acids is 1. The second kappa shape index (κ2) is 7.03. The van der Waals surface area contributed by atoms with Gasteiger partial charge in [-0.1, -0.05) is 25.7 Å². The summed E-state index contributed by atoms with van der Waals surface area (Å²) in [7, 11) is 0. The van der Waals surface area contributed by atoms with Crippen molar-refractivity contribution in [2.45, 2.75) is 44.6 Å². The molecule has 114 valence electrons. The highest BCUT2D eigenvalue weighted by Gasteiger charge is 2.23. The molecule has 0 aliphatic heterocycles. The SMILES string of the molecule is NNc1ccc([N+](=O)[O-])c(C(=O)NC2CCCCCC2)c1. The van der Waals surface area contributed by atoms with Crippen LogP contribution in [0.15, 0.2) is 18.2 Å². The minimum absolute atomic E-state index is 0.0414. The van der Waals surface area contributed by atoms with Crippen LogP contribution >= 0.6 is 0 Å². The molecule has 0 unspecified atom stereocenters. The molecule has 1 amide bonds. The number of nitrogens with one attached hydrogen (secondary N) is 2. The number of hydrazine groups is 1. The number of nitrogens with two attached hydrogens (primary N) is 1. The molecule has 21 heavy (non-hydrogen) atoms. The maximum atomic E-state index is 12.3. The van der Waals surface area contributed by atoms with Crippen molar-refractivity contribution in [3.63, 3.8) is 0 Å². The van der Waals surface area contributed by atoms with E-state index in [1.165, 1.54) is 31.0 Å². The summed E-state index contributed by atoms with van der Waals surface area (Å²) in [4.78, 5) is 22.8. The number of nitrogen functional groups attached to an aromatic ring is 1. The molecule has 1 aliphatic carbocycles. The third kappa shape index (κ3) is 3.91. The van der Waals surface area contributed by atoms with Gasteiger partial charge in [0, 0.05) is 17.8 Å². The van der Waals surface area contributed by atoms with Crippen molar-refractivity contribution in [3.8, 4) is 0 Å². The first-order valence-corrected chi connectivity index (χ1v) is 7.17. The molecule has 1 fully saturated rings. The molecule has 7 heteroatoms. The number of nitro groups is 1. The second-order valence-electron chi connectivity index (χ2n) is 5.30. The third-order valence-corrected chi connectivity index (χ3v) is 3.79. The van der Waals surface area contributed by atoms with Crippen LogP contribution in [0.4, 0.5) is 11.4 Å². The number of benzene rings is 1. The number of anilines is 1. The molecule has 4 N–H and O–H groups in total. The molecule has 0 spiro atoms. The van der Waals surface area contributed by atoms with Crippen LogP contribution in [0, 0.1) is 10.1 Å². The van der Waals surface area contributed by atoms with E-state index >= 15 is 0 Å². The van der Waals surface area contributed by atoms with E-state index in [-0.39, 0.29) is 17.3 Å². The maximum Gasteiger partial charge on any atom is 0.282 e. The number of nitrogens with zero attached hydrogens (tertiary/aromatic N) is 1. The average molecular weight is 292 g/mol. The van der Waals surface area contributed by atoms with Crippen molar-refractivity contribution in [1.82, 2.24) is 5.32 Å². The molecule has 0 heterocycles. The Balaban J connectivity index is 2.18. The number of nitro benzene ring substituents is 1. The first kappa shape index (κ1) is 15.2. The molecule has 0 aromatic heterocycles. The van der Waals surface area contributed by atoms with E-state index in [1.807, 2.05) is 0 Å². The van der Waals surface area contributed by atoms with Crippen LogP contribution in [0.5, 0.6) is 0 Å². The average Bonchev–Trinajstić information content (AvgIpc) is 2.75. The van der Waals surface area contributed by atoms with Crippen LogP contribution in [-0.2, 0) is 0 Å². The lowest BCUT2D eigenvalue weighted by Gasteiger charge is -2.16. The van der Waals surface area contributed by atoms with Gasteiger partial charge in [-0.15, -0.1) is 0 Å². The van der Waals surface area contributed by atoms with E-state index in [2.05, 4.69) is 10.7 Å². The van der Waals surface area contributed by atoms with Crippen molar-refractivity contribution in [3.05, 3.63) is 33.9 Å². The zero-order valence-electron chi connectivity index (χ0n) is 11.8. The normalized spacial score (nSPS) is 16.0. The Kier molecular flexibility index (Phi) is 5.10. The quantitative estimate of drug-likeness (QED) is 0.341. The smallest absolute Gasteiger partial charge is 0.282 e. The predicted octanol–water partition coefficient (Wildman–Crippen LogP) is 2.33. The Morgan fingerprint density at radius 1 is 1.24 bits per heavy atom. The van der Waals surface area contributed by atoms with Gasteiger partial charge in [-0.05, 0) is 25.0 Å². The summed E-state index contributed by atoms with van der Waals surface area (Å²) < 4.78 is 0. The highest BCUT2D eigenvalue weighted by molar-refractivity contribution is 5.99. The van der Waals surface area contributed by atoms with Gasteiger partial charge in [-0.2, -0.15) is 0 Å². The summed E-state index contributed by atoms with van der Waals surface area (Å²) in [5, 5.41) is 14.0. The van der Waals surface area contributed by atoms with Gasteiger partial charge < -0.3 is 10.7 Å². The maximum absolute atomic E-state index is 12.3. The molecule has 0 bridgehead atoms. The van der Waals surface area contributed by atoms with Gasteiger partial charge in [0.15, 0.2) is 0 Å². The van der Waals surface area contributed by atoms with Crippen molar-refractivity contribution in [2.24, 2.45) is 5.84 Å². The summed E-state index contributed by atoms with van der Waals surface area (Å²) in [5.41, 5.74) is 2.70. The van der Waals surface area contributed by atoms with Crippen LogP contribution in [0.2, 0.25) is 0 Å². The summed E-state index contributed by atoms with van der Waals surface area (Å²) in [6.45, 7) is 0. The van der Waals surface area contributed by atoms with E-state index in [9.17, 15) is 14.9 Å². The van der Waals surface area contributed by atoms with Gasteiger partial charge in [0.25, 0.3) is 11.6 Å². The number of hydrogen-bond donors (Lipinski definition) is 3. The van der Waals surface area contributed by atoms with Crippen LogP contribution in [0.1, 0.15) is 48.9 Å². The molecule has 1 aliphatic rings. The highest BCUT2D eigenvalue weighted by Crippen LogP contribution is 2.23. The third-order valence-electron chi connectivity index (χ3n) is 3.79. The Morgan fingerprint density at radius 3 is 2.48 bits per heavy atom. The van der Waals surface area contributed by atoms with Gasteiger partial charge in [0.05, 0.1) is 4.92 Å². The molecule has 0 saturated heterocycles. The minimum Gasteiger partial charge on any atom is -0.349 e. The minimum atomic E-state index is -0.553. The van der Waals surface area contributed by atoms with E-state index < -0.39 is 10.8 Å². The molecule has 1 saturated carbocycles. The molecule has 0 atom stereocenters. The first-order valence-electron chi connectivity index (χ1n) is 7.17. The van der Waals surface area contributed by atoms with Crippen molar-refractivity contribution < 1.29 is 9.72 Å². The van der Waals surface area contributed by atoms with E-state index in [1.54, 1.807) is 0 Å². The number of carbonyl (C=O) groups is 1. The molecular formula is C14H20N4O3. The largest absolute Gasteiger partial charge is 0.349 e. The number of amides is 1. The second-order valence-corrected chi connectivity index (χ2v) is 5.30. The number of hydrogen-bond acceptors (Lipinski definition) is 5. The highest BCUT2D eigenvalue weighted by atomic mass is 16.6. The Hall–Kier alpha value is -2.15. The lowest BCUT2D eigenvalue weighted by Crippen LogP contribution is -2.34. The van der Waals surface area contributed by atoms with E-state index in [0.29, 0.717) is 5.69 Å².